The van der Waals surface area contributed by atoms with Crippen LogP contribution in [-0.2, 0) is 17.6 Å². The van der Waals surface area contributed by atoms with Crippen LogP contribution in [0.1, 0.15) is 42.2 Å². The largest absolute Gasteiger partial charge is 0.387 e. The van der Waals surface area contributed by atoms with Crippen LogP contribution in [0.5, 0.6) is 0 Å². The molecule has 6 rings (SSSR count). The number of aryl methyl sites for hydroxylation is 2. The Morgan fingerprint density at radius 1 is 1.09 bits per heavy atom. The third kappa shape index (κ3) is 5.99. The van der Waals surface area contributed by atoms with Gasteiger partial charge in [-0.2, -0.15) is 0 Å². The Bertz CT molecular complexity index is 1590. The Hall–Kier alpha value is -4.26. The Labute approximate surface area is 249 Å². The van der Waals surface area contributed by atoms with Gasteiger partial charge >= 0.3 is 6.03 Å². The molecule has 43 heavy (non-hydrogen) atoms. The van der Waals surface area contributed by atoms with Crippen LogP contribution < -0.4 is 21.3 Å². The number of amides is 2. The maximum atomic E-state index is 12.7. The number of anilines is 3. The number of para-hydroxylation sites is 1. The second kappa shape index (κ2) is 12.5. The van der Waals surface area contributed by atoms with Gasteiger partial charge in [-0.3, -0.25) is 4.57 Å². The number of rotatable bonds is 9. The van der Waals surface area contributed by atoms with E-state index in [9.17, 15) is 15.0 Å². The van der Waals surface area contributed by atoms with E-state index in [4.69, 9.17) is 10.5 Å². The van der Waals surface area contributed by atoms with Crippen molar-refractivity contribution in [3.63, 3.8) is 0 Å². The number of nitrogen functional groups attached to an aromatic ring is 1. The highest BCUT2D eigenvalue weighted by atomic mass is 16.6. The molecule has 6 N–H and O–H groups in total. The summed E-state index contributed by atoms with van der Waals surface area (Å²) in [6, 6.07) is 13.9. The monoisotopic (exact) mass is 586 g/mol. The first-order valence-corrected chi connectivity index (χ1v) is 14.8. The number of nitrogens with one attached hydrogen (secondary N) is 2. The summed E-state index contributed by atoms with van der Waals surface area (Å²) in [6.07, 6.45) is 3.90. The third-order valence-corrected chi connectivity index (χ3v) is 8.39. The Balaban J connectivity index is 1.10. The maximum absolute atomic E-state index is 12.7. The molecule has 3 heterocycles. The highest BCUT2D eigenvalue weighted by molar-refractivity contribution is 5.90. The lowest BCUT2D eigenvalue weighted by atomic mass is 9.90. The van der Waals surface area contributed by atoms with Crippen LogP contribution in [0.25, 0.3) is 11.2 Å². The van der Waals surface area contributed by atoms with Crippen molar-refractivity contribution in [1.82, 2.24) is 24.8 Å². The summed E-state index contributed by atoms with van der Waals surface area (Å²) < 4.78 is 7.80. The molecule has 0 unspecified atom stereocenters. The van der Waals surface area contributed by atoms with Crippen LogP contribution in [0.3, 0.4) is 0 Å². The molecule has 1 saturated heterocycles. The first-order chi connectivity index (χ1) is 20.9. The molecule has 0 saturated carbocycles. The third-order valence-electron chi connectivity index (χ3n) is 8.39. The van der Waals surface area contributed by atoms with E-state index in [1.54, 1.807) is 4.57 Å². The standard InChI is InChI=1S/C31H38N8O4/c1-19-8-2-5-13-23(19)38(15-7-14-33-31(42)37-22-12-6-10-20-9-3-4-11-21(20)22)16-24-26(40)27(41)30(43-24)39-18-36-25-28(32)34-17-35-29(25)39/h2,5-6,8,10,12-13,17-18,24,26-27,30,40-41H,3-4,7,9,11,14-16H2,1H3,(H2,32,34,35)(H2,33,37,42)/t24-,26-,27-,30-/m1/s1. The fraction of sp³-hybridized carbons (Fsp3) is 0.419. The molecule has 0 bridgehead atoms. The van der Waals surface area contributed by atoms with Crippen molar-refractivity contribution in [1.29, 1.82) is 0 Å². The minimum absolute atomic E-state index is 0.223. The summed E-state index contributed by atoms with van der Waals surface area (Å²) >= 11 is 0. The van der Waals surface area contributed by atoms with Crippen LogP contribution >= 0.6 is 0 Å². The second-order valence-electron chi connectivity index (χ2n) is 11.2. The highest BCUT2D eigenvalue weighted by Gasteiger charge is 2.45. The number of aliphatic hydroxyl groups is 2. The van der Waals surface area contributed by atoms with Crippen LogP contribution in [0.2, 0.25) is 0 Å². The number of benzene rings is 2. The molecule has 1 aliphatic heterocycles. The van der Waals surface area contributed by atoms with Gasteiger partial charge in [0.05, 0.1) is 6.33 Å². The lowest BCUT2D eigenvalue weighted by Crippen LogP contribution is -2.41. The lowest BCUT2D eigenvalue weighted by molar-refractivity contribution is -0.0326. The van der Waals surface area contributed by atoms with Gasteiger partial charge in [-0.25, -0.2) is 19.7 Å². The zero-order chi connectivity index (χ0) is 29.9. The predicted octanol–water partition coefficient (Wildman–Crippen LogP) is 2.93. The van der Waals surface area contributed by atoms with E-state index >= 15 is 0 Å². The number of fused-ring (bicyclic) bond motifs is 2. The van der Waals surface area contributed by atoms with Crippen molar-refractivity contribution in [2.45, 2.75) is 63.6 Å². The summed E-state index contributed by atoms with van der Waals surface area (Å²) in [6.45, 7) is 3.41. The Morgan fingerprint density at radius 3 is 2.79 bits per heavy atom. The number of hydrogen-bond acceptors (Lipinski definition) is 9. The van der Waals surface area contributed by atoms with Crippen molar-refractivity contribution in [3.05, 3.63) is 71.8 Å². The molecule has 4 aromatic rings. The number of ether oxygens (including phenoxy) is 1. The fourth-order valence-electron chi connectivity index (χ4n) is 6.15. The van der Waals surface area contributed by atoms with E-state index in [2.05, 4.69) is 36.6 Å². The number of carbonyl (C=O) groups is 1. The van der Waals surface area contributed by atoms with Gasteiger partial charge in [-0.05, 0) is 67.9 Å². The van der Waals surface area contributed by atoms with Crippen LogP contribution in [0.4, 0.5) is 22.0 Å². The zero-order valence-electron chi connectivity index (χ0n) is 24.2. The number of aromatic nitrogens is 4. The van der Waals surface area contributed by atoms with E-state index in [1.807, 2.05) is 43.3 Å². The number of aliphatic hydroxyl groups excluding tert-OH is 2. The topological polar surface area (TPSA) is 164 Å². The van der Waals surface area contributed by atoms with E-state index in [-0.39, 0.29) is 11.8 Å². The fourth-order valence-corrected chi connectivity index (χ4v) is 6.15. The normalized spacial score (nSPS) is 21.5. The molecule has 1 fully saturated rings. The predicted molar refractivity (Wildman–Crippen MR) is 164 cm³/mol. The number of urea groups is 1. The number of nitrogens with zero attached hydrogens (tertiary/aromatic N) is 5. The van der Waals surface area contributed by atoms with Crippen molar-refractivity contribution >= 4 is 34.4 Å². The molecule has 1 aliphatic carbocycles. The van der Waals surface area contributed by atoms with E-state index in [1.165, 1.54) is 30.2 Å². The number of nitrogens with two attached hydrogens (primary N) is 1. The molecule has 0 radical (unpaired) electrons. The van der Waals surface area contributed by atoms with Crippen LogP contribution in [0.15, 0.2) is 55.1 Å². The van der Waals surface area contributed by atoms with Gasteiger partial charge in [0.25, 0.3) is 0 Å². The van der Waals surface area contributed by atoms with Gasteiger partial charge in [0.15, 0.2) is 17.7 Å². The molecule has 2 amide bonds. The number of carbonyl (C=O) groups excluding carboxylic acids is 1. The summed E-state index contributed by atoms with van der Waals surface area (Å²) in [7, 11) is 0. The van der Waals surface area contributed by atoms with E-state index in [0.717, 1.165) is 36.2 Å². The lowest BCUT2D eigenvalue weighted by Gasteiger charge is -2.30. The van der Waals surface area contributed by atoms with Gasteiger partial charge in [0.1, 0.15) is 30.2 Å². The molecule has 2 aliphatic rings. The number of hydrogen-bond donors (Lipinski definition) is 5. The minimum Gasteiger partial charge on any atom is -0.387 e. The average molecular weight is 587 g/mol. The van der Waals surface area contributed by atoms with Crippen LogP contribution in [0, 0.1) is 6.92 Å². The molecule has 2 aromatic heterocycles. The maximum Gasteiger partial charge on any atom is 0.319 e. The molecular formula is C31H38N8O4. The van der Waals surface area contributed by atoms with Crippen molar-refractivity contribution in [2.75, 3.05) is 35.6 Å². The number of imidazole rings is 1. The van der Waals surface area contributed by atoms with Gasteiger partial charge in [-0.1, -0.05) is 30.3 Å². The van der Waals surface area contributed by atoms with Crippen molar-refractivity contribution in [3.8, 4) is 0 Å². The van der Waals surface area contributed by atoms with Gasteiger partial charge in [-0.15, -0.1) is 0 Å². The summed E-state index contributed by atoms with van der Waals surface area (Å²) in [5.74, 6) is 0.226. The Kier molecular flexibility index (Phi) is 8.41. The van der Waals surface area contributed by atoms with Gasteiger partial charge < -0.3 is 36.2 Å². The smallest absolute Gasteiger partial charge is 0.319 e. The molecule has 12 nitrogen and oxygen atoms in total. The van der Waals surface area contributed by atoms with E-state index in [0.29, 0.717) is 37.2 Å². The molecule has 4 atom stereocenters. The van der Waals surface area contributed by atoms with E-state index < -0.39 is 24.5 Å². The molecule has 2 aromatic carbocycles. The molecule has 12 heteroatoms. The van der Waals surface area contributed by atoms with Gasteiger partial charge in [0, 0.05) is 31.0 Å². The zero-order valence-corrected chi connectivity index (χ0v) is 24.2. The summed E-state index contributed by atoms with van der Waals surface area (Å²) in [5, 5.41) is 28.0. The Morgan fingerprint density at radius 2 is 1.93 bits per heavy atom. The molecule has 0 spiro atoms. The second-order valence-corrected chi connectivity index (χ2v) is 11.2. The first kappa shape index (κ1) is 28.8. The summed E-state index contributed by atoms with van der Waals surface area (Å²) in [4.78, 5) is 27.4. The quantitative estimate of drug-likeness (QED) is 0.186. The SMILES string of the molecule is Cc1ccccc1N(CCCNC(=O)Nc1cccc2c1CCCC2)C[C@H]1O[C@@H](n2cnc3c(N)ncnc32)[C@H](O)[C@@H]1O. The molecular weight excluding hydrogens is 548 g/mol. The minimum atomic E-state index is -1.20. The van der Waals surface area contributed by atoms with Crippen LogP contribution in [-0.4, -0.2) is 73.7 Å². The van der Waals surface area contributed by atoms with Crippen molar-refractivity contribution in [2.24, 2.45) is 0 Å². The van der Waals surface area contributed by atoms with Crippen molar-refractivity contribution < 1.29 is 19.7 Å². The van der Waals surface area contributed by atoms with Gasteiger partial charge in [0.2, 0.25) is 0 Å². The molecule has 226 valence electrons. The first-order valence-electron chi connectivity index (χ1n) is 14.8. The highest BCUT2D eigenvalue weighted by Crippen LogP contribution is 2.33. The summed E-state index contributed by atoms with van der Waals surface area (Å²) in [5.41, 5.74) is 12.3. The average Bonchev–Trinajstić information content (AvgIpc) is 3.56.